The standard InChI is InChI=1S/C13H19BrN2O/c1-10(15-2)9-16-13(17)7-6-11-4-3-5-12(14)8-11/h3-5,8,10,15H,6-7,9H2,1-2H3,(H,16,17). The Bertz CT molecular complexity index is 368. The highest BCUT2D eigenvalue weighted by molar-refractivity contribution is 9.10. The molecule has 94 valence electrons. The van der Waals surface area contributed by atoms with Gasteiger partial charge in [0.2, 0.25) is 5.91 Å². The van der Waals surface area contributed by atoms with Crippen LogP contribution < -0.4 is 10.6 Å². The van der Waals surface area contributed by atoms with Crippen molar-refractivity contribution in [3.8, 4) is 0 Å². The van der Waals surface area contributed by atoms with Gasteiger partial charge in [0, 0.05) is 23.5 Å². The van der Waals surface area contributed by atoms with Crippen LogP contribution in [-0.2, 0) is 11.2 Å². The van der Waals surface area contributed by atoms with E-state index in [1.54, 1.807) is 0 Å². The molecule has 0 fully saturated rings. The van der Waals surface area contributed by atoms with Crippen LogP contribution in [0.5, 0.6) is 0 Å². The fourth-order valence-corrected chi connectivity index (χ4v) is 1.85. The van der Waals surface area contributed by atoms with E-state index >= 15 is 0 Å². The molecule has 1 aromatic rings. The Labute approximate surface area is 111 Å². The molecule has 0 spiro atoms. The van der Waals surface area contributed by atoms with E-state index in [0.29, 0.717) is 19.0 Å². The average molecular weight is 299 g/mol. The van der Waals surface area contributed by atoms with Crippen LogP contribution in [0.4, 0.5) is 0 Å². The van der Waals surface area contributed by atoms with Gasteiger partial charge in [-0.05, 0) is 38.1 Å². The second-order valence-corrected chi connectivity index (χ2v) is 5.04. The fraction of sp³-hybridized carbons (Fsp3) is 0.462. The first-order valence-corrected chi connectivity index (χ1v) is 6.59. The minimum atomic E-state index is 0.104. The van der Waals surface area contributed by atoms with Crippen LogP contribution >= 0.6 is 15.9 Å². The zero-order valence-electron chi connectivity index (χ0n) is 10.3. The number of aryl methyl sites for hydroxylation is 1. The van der Waals surface area contributed by atoms with Crippen LogP contribution in [0, 0.1) is 0 Å². The van der Waals surface area contributed by atoms with E-state index in [2.05, 4.69) is 26.6 Å². The van der Waals surface area contributed by atoms with Crippen LogP contribution in [0.25, 0.3) is 0 Å². The largest absolute Gasteiger partial charge is 0.355 e. The Hall–Kier alpha value is -0.870. The van der Waals surface area contributed by atoms with E-state index < -0.39 is 0 Å². The molecule has 1 atom stereocenters. The van der Waals surface area contributed by atoms with Crippen molar-refractivity contribution in [2.24, 2.45) is 0 Å². The lowest BCUT2D eigenvalue weighted by molar-refractivity contribution is -0.121. The molecule has 0 aliphatic carbocycles. The van der Waals surface area contributed by atoms with Crippen LogP contribution in [0.1, 0.15) is 18.9 Å². The minimum absolute atomic E-state index is 0.104. The van der Waals surface area contributed by atoms with E-state index in [4.69, 9.17) is 0 Å². The monoisotopic (exact) mass is 298 g/mol. The van der Waals surface area contributed by atoms with Crippen molar-refractivity contribution >= 4 is 21.8 Å². The summed E-state index contributed by atoms with van der Waals surface area (Å²) >= 11 is 3.42. The molecule has 1 aromatic carbocycles. The topological polar surface area (TPSA) is 41.1 Å². The molecule has 0 aliphatic heterocycles. The maximum absolute atomic E-state index is 11.6. The number of amides is 1. The number of rotatable bonds is 6. The average Bonchev–Trinajstić information content (AvgIpc) is 2.33. The summed E-state index contributed by atoms with van der Waals surface area (Å²) in [6, 6.07) is 8.36. The molecule has 1 unspecified atom stereocenters. The van der Waals surface area contributed by atoms with E-state index in [0.717, 1.165) is 10.9 Å². The quantitative estimate of drug-likeness (QED) is 0.844. The first-order chi connectivity index (χ1) is 8.11. The third-order valence-corrected chi connectivity index (χ3v) is 3.12. The second-order valence-electron chi connectivity index (χ2n) is 4.12. The van der Waals surface area contributed by atoms with Gasteiger partial charge in [0.05, 0.1) is 0 Å². The molecular weight excluding hydrogens is 280 g/mol. The highest BCUT2D eigenvalue weighted by atomic mass is 79.9. The van der Waals surface area contributed by atoms with Crippen LogP contribution in [0.15, 0.2) is 28.7 Å². The zero-order valence-corrected chi connectivity index (χ0v) is 11.9. The van der Waals surface area contributed by atoms with Gasteiger partial charge >= 0.3 is 0 Å². The molecule has 0 aromatic heterocycles. The molecule has 1 amide bonds. The highest BCUT2D eigenvalue weighted by Gasteiger charge is 2.04. The predicted octanol–water partition coefficient (Wildman–Crippen LogP) is 2.11. The first-order valence-electron chi connectivity index (χ1n) is 5.80. The number of hydrogen-bond donors (Lipinski definition) is 2. The van der Waals surface area contributed by atoms with Gasteiger partial charge in [0.1, 0.15) is 0 Å². The number of benzene rings is 1. The van der Waals surface area contributed by atoms with Gasteiger partial charge < -0.3 is 10.6 Å². The lowest BCUT2D eigenvalue weighted by atomic mass is 10.1. The van der Waals surface area contributed by atoms with Gasteiger partial charge in [0.25, 0.3) is 0 Å². The van der Waals surface area contributed by atoms with Crippen molar-refractivity contribution in [2.45, 2.75) is 25.8 Å². The zero-order chi connectivity index (χ0) is 12.7. The molecule has 1 rings (SSSR count). The number of carbonyl (C=O) groups is 1. The van der Waals surface area contributed by atoms with Crippen LogP contribution in [0.2, 0.25) is 0 Å². The summed E-state index contributed by atoms with van der Waals surface area (Å²) in [5.41, 5.74) is 1.18. The minimum Gasteiger partial charge on any atom is -0.355 e. The van der Waals surface area contributed by atoms with Gasteiger partial charge in [-0.3, -0.25) is 4.79 Å². The van der Waals surface area contributed by atoms with Gasteiger partial charge in [0.15, 0.2) is 0 Å². The first kappa shape index (κ1) is 14.2. The number of hydrogen-bond acceptors (Lipinski definition) is 2. The normalized spacial score (nSPS) is 12.2. The van der Waals surface area contributed by atoms with Crippen LogP contribution in [0.3, 0.4) is 0 Å². The van der Waals surface area contributed by atoms with Gasteiger partial charge in [-0.25, -0.2) is 0 Å². The summed E-state index contributed by atoms with van der Waals surface area (Å²) in [7, 11) is 1.89. The lowest BCUT2D eigenvalue weighted by Crippen LogP contribution is -2.37. The summed E-state index contributed by atoms with van der Waals surface area (Å²) in [5, 5.41) is 5.99. The van der Waals surface area contributed by atoms with Gasteiger partial charge in [-0.1, -0.05) is 28.1 Å². The molecule has 0 bridgehead atoms. The van der Waals surface area contributed by atoms with Gasteiger partial charge in [-0.2, -0.15) is 0 Å². The van der Waals surface area contributed by atoms with Crippen molar-refractivity contribution in [1.29, 1.82) is 0 Å². The molecule has 17 heavy (non-hydrogen) atoms. The van der Waals surface area contributed by atoms with Crippen molar-refractivity contribution in [3.05, 3.63) is 34.3 Å². The predicted molar refractivity (Wildman–Crippen MR) is 74.0 cm³/mol. The third-order valence-electron chi connectivity index (χ3n) is 2.63. The molecule has 0 radical (unpaired) electrons. The second kappa shape index (κ2) is 7.45. The lowest BCUT2D eigenvalue weighted by Gasteiger charge is -2.11. The van der Waals surface area contributed by atoms with Crippen molar-refractivity contribution in [1.82, 2.24) is 10.6 Å². The van der Waals surface area contributed by atoms with E-state index in [1.165, 1.54) is 5.56 Å². The Morgan fingerprint density at radius 2 is 2.24 bits per heavy atom. The molecule has 4 heteroatoms. The maximum atomic E-state index is 11.6. The molecular formula is C13H19BrN2O. The molecule has 2 N–H and O–H groups in total. The Morgan fingerprint density at radius 1 is 1.47 bits per heavy atom. The number of halogens is 1. The summed E-state index contributed by atoms with van der Waals surface area (Å²) in [5.74, 6) is 0.104. The Balaban J connectivity index is 2.28. The summed E-state index contributed by atoms with van der Waals surface area (Å²) in [4.78, 5) is 11.6. The SMILES string of the molecule is CNC(C)CNC(=O)CCc1cccc(Br)c1. The summed E-state index contributed by atoms with van der Waals surface area (Å²) in [6.07, 6.45) is 1.31. The smallest absolute Gasteiger partial charge is 0.220 e. The fourth-order valence-electron chi connectivity index (χ4n) is 1.41. The van der Waals surface area contributed by atoms with E-state index in [9.17, 15) is 4.79 Å². The number of carbonyl (C=O) groups excluding carboxylic acids is 1. The van der Waals surface area contributed by atoms with Gasteiger partial charge in [-0.15, -0.1) is 0 Å². The maximum Gasteiger partial charge on any atom is 0.220 e. The molecule has 3 nitrogen and oxygen atoms in total. The van der Waals surface area contributed by atoms with Crippen LogP contribution in [-0.4, -0.2) is 25.5 Å². The highest BCUT2D eigenvalue weighted by Crippen LogP contribution is 2.12. The summed E-state index contributed by atoms with van der Waals surface area (Å²) in [6.45, 7) is 2.71. The molecule has 0 heterocycles. The van der Waals surface area contributed by atoms with E-state index in [1.807, 2.05) is 38.2 Å². The third kappa shape index (κ3) is 5.84. The molecule has 0 aliphatic rings. The molecule has 0 saturated carbocycles. The Morgan fingerprint density at radius 3 is 2.88 bits per heavy atom. The summed E-state index contributed by atoms with van der Waals surface area (Å²) < 4.78 is 1.05. The number of likely N-dealkylation sites (N-methyl/N-ethyl adjacent to an activating group) is 1. The Kier molecular flexibility index (Phi) is 6.22. The van der Waals surface area contributed by atoms with Crippen molar-refractivity contribution in [3.63, 3.8) is 0 Å². The number of nitrogens with one attached hydrogen (secondary N) is 2. The molecule has 0 saturated heterocycles. The van der Waals surface area contributed by atoms with Crippen molar-refractivity contribution < 1.29 is 4.79 Å². The van der Waals surface area contributed by atoms with E-state index in [-0.39, 0.29) is 5.91 Å². The van der Waals surface area contributed by atoms with Crippen molar-refractivity contribution in [2.75, 3.05) is 13.6 Å².